The summed E-state index contributed by atoms with van der Waals surface area (Å²) in [7, 11) is 1.55. The van der Waals surface area contributed by atoms with Crippen molar-refractivity contribution in [1.82, 2.24) is 15.3 Å². The van der Waals surface area contributed by atoms with Gasteiger partial charge in [0.15, 0.2) is 5.16 Å². The number of hydrogen-bond donors (Lipinski definition) is 3. The Morgan fingerprint density at radius 3 is 2.50 bits per heavy atom. The molecular formula is C23H21F3N4O5S. The van der Waals surface area contributed by atoms with Gasteiger partial charge in [-0.1, -0.05) is 23.9 Å². The van der Waals surface area contributed by atoms with Gasteiger partial charge in [0.1, 0.15) is 11.5 Å². The minimum atomic E-state index is -4.81. The second kappa shape index (κ2) is 12.1. The van der Waals surface area contributed by atoms with Crippen molar-refractivity contribution in [3.8, 4) is 11.5 Å². The predicted molar refractivity (Wildman–Crippen MR) is 126 cm³/mol. The van der Waals surface area contributed by atoms with Crippen molar-refractivity contribution < 1.29 is 32.2 Å². The first kappa shape index (κ1) is 26.6. The average molecular weight is 523 g/mol. The molecule has 0 atom stereocenters. The first-order valence-corrected chi connectivity index (χ1v) is 11.4. The molecule has 3 N–H and O–H groups in total. The largest absolute Gasteiger partial charge is 0.573 e. The van der Waals surface area contributed by atoms with Crippen LogP contribution in [0.5, 0.6) is 11.5 Å². The summed E-state index contributed by atoms with van der Waals surface area (Å²) in [5.74, 6) is -0.719. The molecule has 0 fully saturated rings. The molecule has 0 aliphatic heterocycles. The molecule has 36 heavy (non-hydrogen) atoms. The molecule has 9 nitrogen and oxygen atoms in total. The van der Waals surface area contributed by atoms with Gasteiger partial charge in [0.05, 0.1) is 25.0 Å². The van der Waals surface area contributed by atoms with Crippen molar-refractivity contribution >= 4 is 29.3 Å². The molecule has 13 heteroatoms. The van der Waals surface area contributed by atoms with Crippen LogP contribution in [0.4, 0.5) is 18.9 Å². The molecule has 0 saturated carbocycles. The van der Waals surface area contributed by atoms with Crippen molar-refractivity contribution in [2.75, 3.05) is 18.2 Å². The molecular weight excluding hydrogens is 501 g/mol. The highest BCUT2D eigenvalue weighted by molar-refractivity contribution is 7.99. The Kier molecular flexibility index (Phi) is 8.95. The van der Waals surface area contributed by atoms with Crippen LogP contribution in [0, 0.1) is 0 Å². The highest BCUT2D eigenvalue weighted by atomic mass is 32.2. The zero-order chi connectivity index (χ0) is 26.1. The summed E-state index contributed by atoms with van der Waals surface area (Å²) < 4.78 is 45.6. The summed E-state index contributed by atoms with van der Waals surface area (Å²) in [6.07, 6.45) is -4.95. The summed E-state index contributed by atoms with van der Waals surface area (Å²) in [5.41, 5.74) is 0.846. The lowest BCUT2D eigenvalue weighted by molar-refractivity contribution is -0.274. The van der Waals surface area contributed by atoms with E-state index in [0.717, 1.165) is 29.5 Å². The van der Waals surface area contributed by atoms with Gasteiger partial charge in [0.25, 0.3) is 5.56 Å². The van der Waals surface area contributed by atoms with Crippen LogP contribution in [0.3, 0.4) is 0 Å². The van der Waals surface area contributed by atoms with E-state index in [2.05, 4.69) is 25.3 Å². The number of benzene rings is 2. The Morgan fingerprint density at radius 2 is 1.81 bits per heavy atom. The molecule has 1 heterocycles. The van der Waals surface area contributed by atoms with E-state index in [1.54, 1.807) is 25.3 Å². The quantitative estimate of drug-likeness (QED) is 0.276. The van der Waals surface area contributed by atoms with Crippen molar-refractivity contribution in [2.45, 2.75) is 24.5 Å². The smallest absolute Gasteiger partial charge is 0.497 e. The van der Waals surface area contributed by atoms with Gasteiger partial charge in [-0.05, 0) is 42.0 Å². The van der Waals surface area contributed by atoms with Gasteiger partial charge in [0, 0.05) is 18.3 Å². The Hall–Kier alpha value is -4.00. The SMILES string of the molecule is COc1cccc(CNC(=O)Cc2cc(=O)[nH]c(SCC(=O)Nc3ccc(OC(F)(F)F)cc3)n2)c1. The highest BCUT2D eigenvalue weighted by Gasteiger charge is 2.30. The van der Waals surface area contributed by atoms with Crippen molar-refractivity contribution in [3.05, 3.63) is 76.2 Å². The third-order valence-electron chi connectivity index (χ3n) is 4.45. The number of anilines is 1. The number of H-pyrrole nitrogens is 1. The summed E-state index contributed by atoms with van der Waals surface area (Å²) in [6.45, 7) is 0.268. The van der Waals surface area contributed by atoms with Crippen LogP contribution < -0.4 is 25.7 Å². The van der Waals surface area contributed by atoms with Gasteiger partial charge in [-0.15, -0.1) is 13.2 Å². The molecule has 0 spiro atoms. The lowest BCUT2D eigenvalue weighted by Crippen LogP contribution is -2.26. The van der Waals surface area contributed by atoms with Crippen molar-refractivity contribution in [3.63, 3.8) is 0 Å². The Bertz CT molecular complexity index is 1270. The summed E-state index contributed by atoms with van der Waals surface area (Å²) in [6, 6.07) is 13.1. The van der Waals surface area contributed by atoms with Crippen LogP contribution in [0.15, 0.2) is 64.5 Å². The molecule has 190 valence electrons. The van der Waals surface area contributed by atoms with Crippen LogP contribution >= 0.6 is 11.8 Å². The molecule has 3 rings (SSSR count). The first-order chi connectivity index (χ1) is 17.1. The highest BCUT2D eigenvalue weighted by Crippen LogP contribution is 2.24. The Balaban J connectivity index is 1.50. The molecule has 1 aromatic heterocycles. The Labute approximate surface area is 207 Å². The van der Waals surface area contributed by atoms with Gasteiger partial charge in [-0.3, -0.25) is 14.4 Å². The summed E-state index contributed by atoms with van der Waals surface area (Å²) >= 11 is 0.931. The molecule has 2 aromatic carbocycles. The fourth-order valence-electron chi connectivity index (χ4n) is 2.92. The molecule has 2 amide bonds. The maximum atomic E-state index is 12.3. The van der Waals surface area contributed by atoms with E-state index in [0.29, 0.717) is 5.75 Å². The van der Waals surface area contributed by atoms with E-state index in [1.807, 2.05) is 6.07 Å². The minimum absolute atomic E-state index is 0.139. The second-order valence-corrected chi connectivity index (χ2v) is 8.22. The molecule has 0 saturated heterocycles. The number of carbonyl (C=O) groups is 2. The van der Waals surface area contributed by atoms with Crippen LogP contribution in [0.1, 0.15) is 11.3 Å². The maximum absolute atomic E-state index is 12.3. The van der Waals surface area contributed by atoms with Crippen LogP contribution in [0.2, 0.25) is 0 Å². The lowest BCUT2D eigenvalue weighted by atomic mass is 10.2. The van der Waals surface area contributed by atoms with E-state index < -0.39 is 23.6 Å². The number of aromatic amines is 1. The van der Waals surface area contributed by atoms with E-state index in [9.17, 15) is 27.6 Å². The van der Waals surface area contributed by atoms with Crippen LogP contribution in [-0.2, 0) is 22.6 Å². The molecule has 0 aliphatic rings. The average Bonchev–Trinajstić information content (AvgIpc) is 2.81. The number of rotatable bonds is 10. The number of ether oxygens (including phenoxy) is 2. The van der Waals surface area contributed by atoms with E-state index in [4.69, 9.17) is 4.74 Å². The zero-order valence-corrected chi connectivity index (χ0v) is 19.7. The third kappa shape index (κ3) is 8.98. The number of nitrogens with one attached hydrogen (secondary N) is 3. The monoisotopic (exact) mass is 522 g/mol. The fourth-order valence-corrected chi connectivity index (χ4v) is 3.62. The number of thioether (sulfide) groups is 1. The number of alkyl halides is 3. The van der Waals surface area contributed by atoms with Gasteiger partial charge in [-0.2, -0.15) is 0 Å². The van der Waals surface area contributed by atoms with E-state index in [-0.39, 0.29) is 41.2 Å². The summed E-state index contributed by atoms with van der Waals surface area (Å²) in [4.78, 5) is 43.1. The number of carbonyl (C=O) groups excluding carboxylic acids is 2. The zero-order valence-electron chi connectivity index (χ0n) is 18.8. The Morgan fingerprint density at radius 1 is 1.06 bits per heavy atom. The molecule has 0 radical (unpaired) electrons. The second-order valence-electron chi connectivity index (χ2n) is 7.26. The number of aromatic nitrogens is 2. The number of amides is 2. The van der Waals surface area contributed by atoms with Crippen LogP contribution in [0.25, 0.3) is 0 Å². The molecule has 3 aromatic rings. The normalized spacial score (nSPS) is 11.0. The standard InChI is InChI=1S/C23H21F3N4O5S/c1-34-18-4-2-3-14(9-18)12-27-19(31)10-16-11-20(32)30-22(29-16)36-13-21(33)28-15-5-7-17(8-6-15)35-23(24,25)26/h2-9,11H,10,12-13H2,1H3,(H,27,31)(H,28,33)(H,29,30,32). The topological polar surface area (TPSA) is 122 Å². The number of halogens is 3. The van der Waals surface area contributed by atoms with Crippen molar-refractivity contribution in [2.24, 2.45) is 0 Å². The van der Waals surface area contributed by atoms with Crippen LogP contribution in [-0.4, -0.2) is 41.0 Å². The fraction of sp³-hybridized carbons (Fsp3) is 0.217. The lowest BCUT2D eigenvalue weighted by Gasteiger charge is -2.10. The van der Waals surface area contributed by atoms with Gasteiger partial charge < -0.3 is 25.1 Å². The maximum Gasteiger partial charge on any atom is 0.573 e. The molecule has 0 aliphatic carbocycles. The van der Waals surface area contributed by atoms with Gasteiger partial charge >= 0.3 is 6.36 Å². The molecule has 0 bridgehead atoms. The van der Waals surface area contributed by atoms with E-state index >= 15 is 0 Å². The first-order valence-electron chi connectivity index (χ1n) is 10.4. The minimum Gasteiger partial charge on any atom is -0.497 e. The number of nitrogens with zero attached hydrogens (tertiary/aromatic N) is 1. The van der Waals surface area contributed by atoms with E-state index in [1.165, 1.54) is 18.2 Å². The predicted octanol–water partition coefficient (Wildman–Crippen LogP) is 3.27. The van der Waals surface area contributed by atoms with Gasteiger partial charge in [-0.25, -0.2) is 4.98 Å². The number of hydrogen-bond acceptors (Lipinski definition) is 7. The summed E-state index contributed by atoms with van der Waals surface area (Å²) in [5, 5.41) is 5.40. The molecule has 0 unspecified atom stereocenters. The number of methoxy groups -OCH3 is 1. The third-order valence-corrected chi connectivity index (χ3v) is 5.32. The van der Waals surface area contributed by atoms with Crippen molar-refractivity contribution in [1.29, 1.82) is 0 Å². The van der Waals surface area contributed by atoms with Gasteiger partial charge in [0.2, 0.25) is 11.8 Å².